The van der Waals surface area contributed by atoms with Gasteiger partial charge in [-0.1, -0.05) is 13.8 Å². The summed E-state index contributed by atoms with van der Waals surface area (Å²) in [6.45, 7) is 7.73. The molecule has 19 heavy (non-hydrogen) atoms. The Morgan fingerprint density at radius 3 is 2.74 bits per heavy atom. The summed E-state index contributed by atoms with van der Waals surface area (Å²) >= 11 is 0. The fourth-order valence-corrected chi connectivity index (χ4v) is 2.79. The van der Waals surface area contributed by atoms with Gasteiger partial charge in [0.15, 0.2) is 0 Å². The van der Waals surface area contributed by atoms with E-state index in [-0.39, 0.29) is 5.91 Å². The van der Waals surface area contributed by atoms with Gasteiger partial charge < -0.3 is 9.80 Å². The summed E-state index contributed by atoms with van der Waals surface area (Å²) in [7, 11) is 0. The quantitative estimate of drug-likeness (QED) is 0.830. The topological polar surface area (TPSA) is 49.3 Å². The molecular weight excluding hydrogens is 240 g/mol. The van der Waals surface area contributed by atoms with E-state index in [4.69, 9.17) is 0 Å². The molecule has 0 spiro atoms. The second-order valence-electron chi connectivity index (χ2n) is 5.80. The minimum absolute atomic E-state index is 0.0803. The summed E-state index contributed by atoms with van der Waals surface area (Å²) < 4.78 is 0. The number of anilines is 1. The number of carbonyl (C=O) groups excluding carboxylic acids is 1. The molecular formula is C14H20N4O. The Bertz CT molecular complexity index is 494. The molecule has 5 heteroatoms. The van der Waals surface area contributed by atoms with Gasteiger partial charge in [-0.25, -0.2) is 9.97 Å². The van der Waals surface area contributed by atoms with E-state index in [1.165, 1.54) is 12.8 Å². The van der Waals surface area contributed by atoms with Crippen molar-refractivity contribution in [3.8, 4) is 0 Å². The molecule has 0 bridgehead atoms. The third kappa shape index (κ3) is 2.29. The Balaban J connectivity index is 1.82. The first-order chi connectivity index (χ1) is 9.15. The lowest BCUT2D eigenvalue weighted by atomic mass is 10.2. The second-order valence-corrected chi connectivity index (χ2v) is 5.80. The van der Waals surface area contributed by atoms with Gasteiger partial charge in [0.25, 0.3) is 5.91 Å². The van der Waals surface area contributed by atoms with Crippen LogP contribution in [-0.2, 0) is 6.54 Å². The van der Waals surface area contributed by atoms with E-state index in [9.17, 15) is 4.79 Å². The molecule has 0 N–H and O–H groups in total. The summed E-state index contributed by atoms with van der Waals surface area (Å²) in [5.74, 6) is 1.34. The van der Waals surface area contributed by atoms with Gasteiger partial charge in [0.2, 0.25) is 5.95 Å². The average molecular weight is 260 g/mol. The van der Waals surface area contributed by atoms with Crippen LogP contribution in [0.4, 0.5) is 5.95 Å². The number of amides is 1. The Morgan fingerprint density at radius 2 is 2.05 bits per heavy atom. The molecule has 1 aromatic heterocycles. The number of carbonyl (C=O) groups is 1. The van der Waals surface area contributed by atoms with Crippen molar-refractivity contribution >= 4 is 11.9 Å². The van der Waals surface area contributed by atoms with Crippen LogP contribution in [0.3, 0.4) is 0 Å². The molecule has 0 radical (unpaired) electrons. The van der Waals surface area contributed by atoms with Crippen molar-refractivity contribution in [2.45, 2.75) is 33.2 Å². The maximum Gasteiger partial charge on any atom is 0.257 e. The molecule has 2 aliphatic rings. The van der Waals surface area contributed by atoms with Crippen molar-refractivity contribution in [1.82, 2.24) is 14.9 Å². The lowest BCUT2D eigenvalue weighted by Crippen LogP contribution is -2.27. The van der Waals surface area contributed by atoms with Gasteiger partial charge in [-0.15, -0.1) is 0 Å². The van der Waals surface area contributed by atoms with Crippen LogP contribution in [0.2, 0.25) is 0 Å². The predicted octanol–water partition coefficient (Wildman–Crippen LogP) is 1.69. The smallest absolute Gasteiger partial charge is 0.257 e. The summed E-state index contributed by atoms with van der Waals surface area (Å²) in [5.41, 5.74) is 1.58. The molecule has 1 fully saturated rings. The first kappa shape index (κ1) is 12.4. The number of rotatable bonds is 3. The fourth-order valence-electron chi connectivity index (χ4n) is 2.79. The van der Waals surface area contributed by atoms with E-state index in [2.05, 4.69) is 28.7 Å². The van der Waals surface area contributed by atoms with E-state index in [1.807, 2.05) is 4.90 Å². The molecule has 0 aromatic carbocycles. The van der Waals surface area contributed by atoms with Crippen LogP contribution in [-0.4, -0.2) is 40.4 Å². The molecule has 102 valence electrons. The third-order valence-electron chi connectivity index (χ3n) is 3.69. The molecule has 0 unspecified atom stereocenters. The highest BCUT2D eigenvalue weighted by atomic mass is 16.2. The summed E-state index contributed by atoms with van der Waals surface area (Å²) in [6.07, 6.45) is 4.12. The van der Waals surface area contributed by atoms with Crippen molar-refractivity contribution in [2.24, 2.45) is 5.92 Å². The van der Waals surface area contributed by atoms with Crippen molar-refractivity contribution in [3.63, 3.8) is 0 Å². The fraction of sp³-hybridized carbons (Fsp3) is 0.643. The summed E-state index contributed by atoms with van der Waals surface area (Å²) in [6, 6.07) is 0. The van der Waals surface area contributed by atoms with E-state index in [0.717, 1.165) is 31.3 Å². The molecule has 1 aromatic rings. The zero-order valence-corrected chi connectivity index (χ0v) is 11.6. The minimum atomic E-state index is 0.0803. The highest BCUT2D eigenvalue weighted by Gasteiger charge is 2.30. The monoisotopic (exact) mass is 260 g/mol. The first-order valence-corrected chi connectivity index (χ1v) is 7.05. The van der Waals surface area contributed by atoms with Crippen LogP contribution >= 0.6 is 0 Å². The predicted molar refractivity (Wildman–Crippen MR) is 73.1 cm³/mol. The Hall–Kier alpha value is -1.65. The number of hydrogen-bond donors (Lipinski definition) is 0. The summed E-state index contributed by atoms with van der Waals surface area (Å²) in [4.78, 5) is 25.2. The van der Waals surface area contributed by atoms with Crippen LogP contribution in [0.25, 0.3) is 0 Å². The highest BCUT2D eigenvalue weighted by molar-refractivity contribution is 5.97. The van der Waals surface area contributed by atoms with E-state index in [1.54, 1.807) is 6.20 Å². The maximum atomic E-state index is 12.2. The van der Waals surface area contributed by atoms with Crippen LogP contribution in [0.5, 0.6) is 0 Å². The second kappa shape index (κ2) is 4.79. The zero-order chi connectivity index (χ0) is 13.4. The van der Waals surface area contributed by atoms with Crippen molar-refractivity contribution in [2.75, 3.05) is 24.5 Å². The SMILES string of the molecule is CC(C)CN1Cc2nc(N3CCCC3)ncc2C1=O. The van der Waals surface area contributed by atoms with Crippen LogP contribution in [0.1, 0.15) is 42.7 Å². The van der Waals surface area contributed by atoms with E-state index >= 15 is 0 Å². The van der Waals surface area contributed by atoms with Crippen molar-refractivity contribution in [3.05, 3.63) is 17.5 Å². The Kier molecular flexibility index (Phi) is 3.12. The van der Waals surface area contributed by atoms with Crippen LogP contribution in [0, 0.1) is 5.92 Å². The molecule has 3 heterocycles. The van der Waals surface area contributed by atoms with Gasteiger partial charge in [-0.3, -0.25) is 4.79 Å². The van der Waals surface area contributed by atoms with Gasteiger partial charge in [-0.2, -0.15) is 0 Å². The maximum absolute atomic E-state index is 12.2. The molecule has 3 rings (SSSR count). The largest absolute Gasteiger partial charge is 0.341 e. The zero-order valence-electron chi connectivity index (χ0n) is 11.6. The van der Waals surface area contributed by atoms with Crippen molar-refractivity contribution < 1.29 is 4.79 Å². The highest BCUT2D eigenvalue weighted by Crippen LogP contribution is 2.24. The van der Waals surface area contributed by atoms with Gasteiger partial charge >= 0.3 is 0 Å². The number of nitrogens with zero attached hydrogens (tertiary/aromatic N) is 4. The van der Waals surface area contributed by atoms with E-state index < -0.39 is 0 Å². The molecule has 1 amide bonds. The van der Waals surface area contributed by atoms with Gasteiger partial charge in [0.1, 0.15) is 0 Å². The third-order valence-corrected chi connectivity index (χ3v) is 3.69. The van der Waals surface area contributed by atoms with Gasteiger partial charge in [-0.05, 0) is 18.8 Å². The first-order valence-electron chi connectivity index (χ1n) is 7.05. The number of aromatic nitrogens is 2. The number of hydrogen-bond acceptors (Lipinski definition) is 4. The Labute approximate surface area is 113 Å². The lowest BCUT2D eigenvalue weighted by Gasteiger charge is -2.17. The van der Waals surface area contributed by atoms with Gasteiger partial charge in [0, 0.05) is 25.8 Å². The van der Waals surface area contributed by atoms with E-state index in [0.29, 0.717) is 18.0 Å². The molecule has 0 saturated carbocycles. The molecule has 2 aliphatic heterocycles. The lowest BCUT2D eigenvalue weighted by molar-refractivity contribution is 0.0759. The van der Waals surface area contributed by atoms with Crippen LogP contribution in [0.15, 0.2) is 6.20 Å². The average Bonchev–Trinajstić information content (AvgIpc) is 2.98. The number of fused-ring (bicyclic) bond motifs is 1. The summed E-state index contributed by atoms with van der Waals surface area (Å²) in [5, 5.41) is 0. The normalized spacial score (nSPS) is 18.6. The van der Waals surface area contributed by atoms with Gasteiger partial charge in [0.05, 0.1) is 17.8 Å². The molecule has 0 atom stereocenters. The molecule has 1 saturated heterocycles. The van der Waals surface area contributed by atoms with Crippen molar-refractivity contribution in [1.29, 1.82) is 0 Å². The molecule has 0 aliphatic carbocycles. The minimum Gasteiger partial charge on any atom is -0.341 e. The van der Waals surface area contributed by atoms with Crippen LogP contribution < -0.4 is 4.90 Å². The standard InChI is InChI=1S/C14H20N4O/c1-10(2)8-18-9-12-11(13(18)19)7-15-14(16-12)17-5-3-4-6-17/h7,10H,3-6,8-9H2,1-2H3. The molecule has 5 nitrogen and oxygen atoms in total. The Morgan fingerprint density at radius 1 is 1.32 bits per heavy atom.